The Hall–Kier alpha value is -1.56. The van der Waals surface area contributed by atoms with Crippen molar-refractivity contribution >= 4 is 0 Å². The molecule has 0 aromatic heterocycles. The summed E-state index contributed by atoms with van der Waals surface area (Å²) in [6, 6.07) is 0. The normalized spacial score (nSPS) is 10.6. The predicted molar refractivity (Wildman–Crippen MR) is 66.2 cm³/mol. The first-order valence-electron chi connectivity index (χ1n) is 4.65. The van der Waals surface area contributed by atoms with Crippen molar-refractivity contribution in [2.24, 2.45) is 0 Å². The van der Waals surface area contributed by atoms with Crippen LogP contribution in [0.15, 0.2) is 73.4 Å². The molecule has 0 spiro atoms. The van der Waals surface area contributed by atoms with Gasteiger partial charge in [-0.2, -0.15) is 0 Å². The maximum Gasteiger partial charge on any atom is -0.0262 e. The van der Waals surface area contributed by atoms with Crippen LogP contribution in [0.4, 0.5) is 0 Å². The van der Waals surface area contributed by atoms with E-state index in [0.29, 0.717) is 0 Å². The summed E-state index contributed by atoms with van der Waals surface area (Å²) >= 11 is 0. The highest BCUT2D eigenvalue weighted by atomic mass is 14.0. The lowest BCUT2D eigenvalue weighted by molar-refractivity contribution is 1.16. The molecule has 0 heteroatoms. The summed E-state index contributed by atoms with van der Waals surface area (Å²) in [6.07, 6.45) is 10.3. The van der Waals surface area contributed by atoms with Crippen molar-refractivity contribution in [1.82, 2.24) is 0 Å². The molecule has 0 saturated heterocycles. The SMILES string of the molecule is C=C/C=C\C(=C)C(=C)/C=C\C(=C)CC. The monoisotopic (exact) mass is 186 g/mol. The molecule has 0 radical (unpaired) electrons. The zero-order chi connectivity index (χ0) is 11.0. The fraction of sp³-hybridized carbons (Fsp3) is 0.143. The van der Waals surface area contributed by atoms with Gasteiger partial charge in [0.15, 0.2) is 0 Å². The summed E-state index contributed by atoms with van der Waals surface area (Å²) in [5.41, 5.74) is 2.88. The summed E-state index contributed by atoms with van der Waals surface area (Å²) in [5.74, 6) is 0. The molecule has 14 heavy (non-hydrogen) atoms. The van der Waals surface area contributed by atoms with Gasteiger partial charge >= 0.3 is 0 Å². The van der Waals surface area contributed by atoms with Gasteiger partial charge in [-0.1, -0.05) is 69.2 Å². The van der Waals surface area contributed by atoms with Gasteiger partial charge in [-0.05, 0) is 17.6 Å². The fourth-order valence-corrected chi connectivity index (χ4v) is 0.735. The minimum Gasteiger partial charge on any atom is -0.0991 e. The molecule has 0 aliphatic carbocycles. The average Bonchev–Trinajstić information content (AvgIpc) is 2.21. The standard InChI is InChI=1S/C14H18/c1-6-8-9-13(4)14(5)11-10-12(3)7-2/h6,8-11H,1,3-5,7H2,2H3/b9-8-,11-10-. The first-order chi connectivity index (χ1) is 6.61. The Morgan fingerprint density at radius 3 is 2.07 bits per heavy atom. The Kier molecular flexibility index (Phi) is 6.13. The second-order valence-corrected chi connectivity index (χ2v) is 2.99. The molecule has 0 atom stereocenters. The lowest BCUT2D eigenvalue weighted by Gasteiger charge is -1.98. The van der Waals surface area contributed by atoms with Crippen LogP contribution in [0.3, 0.4) is 0 Å². The summed E-state index contributed by atoms with van der Waals surface area (Å²) in [5, 5.41) is 0. The van der Waals surface area contributed by atoms with E-state index in [2.05, 4.69) is 33.2 Å². The summed E-state index contributed by atoms with van der Waals surface area (Å²) in [4.78, 5) is 0. The molecular formula is C14H18. The molecule has 0 amide bonds. The largest absolute Gasteiger partial charge is 0.0991 e. The van der Waals surface area contributed by atoms with Crippen molar-refractivity contribution in [3.8, 4) is 0 Å². The van der Waals surface area contributed by atoms with Gasteiger partial charge in [0.2, 0.25) is 0 Å². The second-order valence-electron chi connectivity index (χ2n) is 2.99. The van der Waals surface area contributed by atoms with E-state index in [1.54, 1.807) is 6.08 Å². The van der Waals surface area contributed by atoms with Crippen LogP contribution in [-0.4, -0.2) is 0 Å². The van der Waals surface area contributed by atoms with Gasteiger partial charge < -0.3 is 0 Å². The molecule has 0 saturated carbocycles. The third kappa shape index (κ3) is 5.15. The molecule has 0 aromatic carbocycles. The van der Waals surface area contributed by atoms with Crippen LogP contribution < -0.4 is 0 Å². The highest BCUT2D eigenvalue weighted by Crippen LogP contribution is 2.10. The van der Waals surface area contributed by atoms with Crippen molar-refractivity contribution in [2.45, 2.75) is 13.3 Å². The van der Waals surface area contributed by atoms with E-state index in [1.165, 1.54) is 0 Å². The van der Waals surface area contributed by atoms with Crippen molar-refractivity contribution in [3.05, 3.63) is 73.4 Å². The molecule has 0 nitrogen and oxygen atoms in total. The average molecular weight is 186 g/mol. The van der Waals surface area contributed by atoms with Crippen molar-refractivity contribution in [2.75, 3.05) is 0 Å². The smallest absolute Gasteiger partial charge is 0.0262 e. The zero-order valence-corrected chi connectivity index (χ0v) is 8.92. The summed E-state index contributed by atoms with van der Waals surface area (Å²) < 4.78 is 0. The Labute approximate surface area is 87.3 Å². The van der Waals surface area contributed by atoms with Crippen LogP contribution in [0.5, 0.6) is 0 Å². The van der Waals surface area contributed by atoms with E-state index in [1.807, 2.05) is 24.3 Å². The molecular weight excluding hydrogens is 168 g/mol. The van der Waals surface area contributed by atoms with Crippen LogP contribution in [0, 0.1) is 0 Å². The van der Waals surface area contributed by atoms with Gasteiger partial charge in [0.05, 0.1) is 0 Å². The van der Waals surface area contributed by atoms with Gasteiger partial charge in [0.25, 0.3) is 0 Å². The van der Waals surface area contributed by atoms with E-state index in [4.69, 9.17) is 0 Å². The van der Waals surface area contributed by atoms with Crippen molar-refractivity contribution < 1.29 is 0 Å². The summed E-state index contributed by atoms with van der Waals surface area (Å²) in [6.45, 7) is 17.3. The Morgan fingerprint density at radius 1 is 1.00 bits per heavy atom. The molecule has 0 aromatic rings. The number of allylic oxidation sites excluding steroid dienone is 8. The molecule has 0 bridgehead atoms. The summed E-state index contributed by atoms with van der Waals surface area (Å²) in [7, 11) is 0. The molecule has 0 heterocycles. The Morgan fingerprint density at radius 2 is 1.57 bits per heavy atom. The topological polar surface area (TPSA) is 0 Å². The van der Waals surface area contributed by atoms with Gasteiger partial charge in [-0.25, -0.2) is 0 Å². The first kappa shape index (κ1) is 12.4. The van der Waals surface area contributed by atoms with E-state index < -0.39 is 0 Å². The van der Waals surface area contributed by atoms with Gasteiger partial charge in [-0.15, -0.1) is 0 Å². The van der Waals surface area contributed by atoms with Crippen LogP contribution in [0.1, 0.15) is 13.3 Å². The van der Waals surface area contributed by atoms with E-state index >= 15 is 0 Å². The van der Waals surface area contributed by atoms with Crippen LogP contribution >= 0.6 is 0 Å². The second kappa shape index (κ2) is 6.90. The number of hydrogen-bond donors (Lipinski definition) is 0. The number of hydrogen-bond acceptors (Lipinski definition) is 0. The predicted octanol–water partition coefficient (Wildman–Crippen LogP) is 4.36. The zero-order valence-electron chi connectivity index (χ0n) is 8.92. The molecule has 0 unspecified atom stereocenters. The molecule has 0 rings (SSSR count). The quantitative estimate of drug-likeness (QED) is 0.540. The Balaban J connectivity index is 4.28. The third-order valence-corrected chi connectivity index (χ3v) is 1.82. The lowest BCUT2D eigenvalue weighted by Crippen LogP contribution is -1.78. The molecule has 0 aliphatic rings. The minimum absolute atomic E-state index is 0.894. The highest BCUT2D eigenvalue weighted by Gasteiger charge is 1.90. The molecule has 0 fully saturated rings. The highest BCUT2D eigenvalue weighted by molar-refractivity contribution is 5.44. The van der Waals surface area contributed by atoms with Crippen LogP contribution in [0.2, 0.25) is 0 Å². The van der Waals surface area contributed by atoms with E-state index in [9.17, 15) is 0 Å². The van der Waals surface area contributed by atoms with Gasteiger partial charge in [0.1, 0.15) is 0 Å². The van der Waals surface area contributed by atoms with E-state index in [0.717, 1.165) is 23.1 Å². The first-order valence-corrected chi connectivity index (χ1v) is 4.65. The van der Waals surface area contributed by atoms with Crippen LogP contribution in [0.25, 0.3) is 0 Å². The molecule has 0 aliphatic heterocycles. The molecule has 0 N–H and O–H groups in total. The van der Waals surface area contributed by atoms with E-state index in [-0.39, 0.29) is 0 Å². The van der Waals surface area contributed by atoms with Gasteiger partial charge in [0, 0.05) is 0 Å². The third-order valence-electron chi connectivity index (χ3n) is 1.82. The number of rotatable bonds is 6. The van der Waals surface area contributed by atoms with Crippen molar-refractivity contribution in [1.29, 1.82) is 0 Å². The Bertz CT molecular complexity index is 298. The minimum atomic E-state index is 0.894. The van der Waals surface area contributed by atoms with Crippen LogP contribution in [-0.2, 0) is 0 Å². The van der Waals surface area contributed by atoms with Crippen molar-refractivity contribution in [3.63, 3.8) is 0 Å². The lowest BCUT2D eigenvalue weighted by atomic mass is 10.1. The maximum absolute atomic E-state index is 3.90. The fourth-order valence-electron chi connectivity index (χ4n) is 0.735. The maximum atomic E-state index is 3.90. The van der Waals surface area contributed by atoms with Gasteiger partial charge in [-0.3, -0.25) is 0 Å². The molecule has 74 valence electrons.